The third-order valence-corrected chi connectivity index (χ3v) is 9.18. The van der Waals surface area contributed by atoms with Crippen LogP contribution in [-0.2, 0) is 13.0 Å². The van der Waals surface area contributed by atoms with Gasteiger partial charge in [-0.15, -0.1) is 0 Å². The second kappa shape index (κ2) is 14.7. The zero-order valence-electron chi connectivity index (χ0n) is 29.2. The average molecular weight is 613 g/mol. The number of hydrogen-bond donors (Lipinski definition) is 1. The van der Waals surface area contributed by atoms with Crippen LogP contribution in [0.2, 0.25) is 0 Å². The molecule has 240 valence electrons. The van der Waals surface area contributed by atoms with Crippen LogP contribution in [0.15, 0.2) is 91.0 Å². The first-order chi connectivity index (χ1) is 22.0. The summed E-state index contributed by atoms with van der Waals surface area (Å²) in [6, 6.07) is 33.0. The smallest absolute Gasteiger partial charge is 0.126 e. The molecule has 0 spiro atoms. The van der Waals surface area contributed by atoms with E-state index in [1.165, 1.54) is 49.7 Å². The van der Waals surface area contributed by atoms with Crippen molar-refractivity contribution in [2.75, 3.05) is 33.7 Å². The van der Waals surface area contributed by atoms with E-state index in [-0.39, 0.29) is 0 Å². The van der Waals surface area contributed by atoms with E-state index in [2.05, 4.69) is 156 Å². The molecule has 0 aromatic heterocycles. The molecule has 5 aromatic carbocycles. The van der Waals surface area contributed by atoms with Gasteiger partial charge in [-0.2, -0.15) is 0 Å². The van der Waals surface area contributed by atoms with Crippen molar-refractivity contribution in [3.8, 4) is 28.0 Å². The summed E-state index contributed by atoms with van der Waals surface area (Å²) in [4.78, 5) is 4.81. The summed E-state index contributed by atoms with van der Waals surface area (Å²) < 4.78 is 0. The quantitative estimate of drug-likeness (QED) is 0.152. The van der Waals surface area contributed by atoms with Gasteiger partial charge < -0.3 is 10.0 Å². The highest BCUT2D eigenvalue weighted by atomic mass is 16.3. The summed E-state index contributed by atoms with van der Waals surface area (Å²) in [6.45, 7) is 17.2. The van der Waals surface area contributed by atoms with E-state index in [0.29, 0.717) is 17.6 Å². The number of phenolic OH excluding ortho intramolecular Hbond substituents is 1. The molecule has 0 aliphatic rings. The van der Waals surface area contributed by atoms with Gasteiger partial charge in [0.15, 0.2) is 0 Å². The van der Waals surface area contributed by atoms with Crippen LogP contribution < -0.4 is 0 Å². The van der Waals surface area contributed by atoms with E-state index in [1.54, 1.807) is 0 Å². The molecule has 46 heavy (non-hydrogen) atoms. The Balaban J connectivity index is 1.46. The number of nitrogens with zero attached hydrogens (tertiary/aromatic N) is 2. The minimum atomic E-state index is 0.402. The van der Waals surface area contributed by atoms with Crippen molar-refractivity contribution in [1.82, 2.24) is 9.80 Å². The second-order valence-electron chi connectivity index (χ2n) is 14.0. The van der Waals surface area contributed by atoms with Gasteiger partial charge in [-0.1, -0.05) is 112 Å². The van der Waals surface area contributed by atoms with Crippen molar-refractivity contribution >= 4 is 10.8 Å². The summed E-state index contributed by atoms with van der Waals surface area (Å²) in [5, 5.41) is 14.0. The molecule has 0 bridgehead atoms. The Morgan fingerprint density at radius 1 is 0.652 bits per heavy atom. The predicted octanol–water partition coefficient (Wildman–Crippen LogP) is 10.3. The van der Waals surface area contributed by atoms with Crippen LogP contribution in [0.25, 0.3) is 33.0 Å². The van der Waals surface area contributed by atoms with Crippen LogP contribution in [-0.4, -0.2) is 48.6 Å². The van der Waals surface area contributed by atoms with Gasteiger partial charge in [-0.05, 0) is 114 Å². The van der Waals surface area contributed by atoms with Gasteiger partial charge in [0.25, 0.3) is 0 Å². The lowest BCUT2D eigenvalue weighted by Crippen LogP contribution is -2.33. The van der Waals surface area contributed by atoms with Crippen molar-refractivity contribution in [3.63, 3.8) is 0 Å². The van der Waals surface area contributed by atoms with Crippen LogP contribution in [0.4, 0.5) is 0 Å². The first-order valence-electron chi connectivity index (χ1n) is 16.9. The van der Waals surface area contributed by atoms with E-state index in [0.717, 1.165) is 49.3 Å². The van der Waals surface area contributed by atoms with Crippen molar-refractivity contribution in [1.29, 1.82) is 0 Å². The fourth-order valence-electron chi connectivity index (χ4n) is 6.84. The molecule has 5 rings (SSSR count). The molecule has 0 saturated carbocycles. The molecule has 0 fully saturated rings. The average Bonchev–Trinajstić information content (AvgIpc) is 3.02. The number of rotatable bonds is 12. The molecular formula is C43H52N2O. The molecule has 0 aliphatic carbocycles. The molecule has 0 unspecified atom stereocenters. The summed E-state index contributed by atoms with van der Waals surface area (Å²) in [5.74, 6) is 1.31. The maximum Gasteiger partial charge on any atom is 0.126 e. The zero-order chi connectivity index (χ0) is 33.0. The summed E-state index contributed by atoms with van der Waals surface area (Å²) in [5.41, 5.74) is 12.4. The molecule has 0 saturated heterocycles. The fourth-order valence-corrected chi connectivity index (χ4v) is 6.84. The summed E-state index contributed by atoms with van der Waals surface area (Å²) >= 11 is 0. The highest BCUT2D eigenvalue weighted by Crippen LogP contribution is 2.39. The molecule has 0 heterocycles. The lowest BCUT2D eigenvalue weighted by molar-refractivity contribution is 0.235. The van der Waals surface area contributed by atoms with Crippen LogP contribution in [0.3, 0.4) is 0 Å². The standard InChI is InChI=1S/C43H52N2O/c1-29(2)37-16-12-17-38(30(3)4)42(37)36-25-31(5)23-33(27-36)28-45(22-21-44(7)8)20-19-35-24-32(6)26-41(43(35)46)40-18-11-14-34-13-9-10-15-39(34)40/h9-18,23-27,29-30,46H,19-22,28H2,1-8H3. The second-order valence-corrected chi connectivity index (χ2v) is 14.0. The minimum Gasteiger partial charge on any atom is -0.507 e. The first kappa shape index (κ1) is 33.4. The van der Waals surface area contributed by atoms with Crippen LogP contribution in [0.1, 0.15) is 72.9 Å². The van der Waals surface area contributed by atoms with Gasteiger partial charge in [-0.25, -0.2) is 0 Å². The van der Waals surface area contributed by atoms with Crippen LogP contribution in [0, 0.1) is 13.8 Å². The maximum absolute atomic E-state index is 11.7. The molecular weight excluding hydrogens is 560 g/mol. The van der Waals surface area contributed by atoms with Crippen LogP contribution in [0.5, 0.6) is 5.75 Å². The van der Waals surface area contributed by atoms with Gasteiger partial charge in [0.1, 0.15) is 5.75 Å². The number of hydrogen-bond acceptors (Lipinski definition) is 3. The largest absolute Gasteiger partial charge is 0.507 e. The van der Waals surface area contributed by atoms with E-state index in [1.807, 2.05) is 0 Å². The summed E-state index contributed by atoms with van der Waals surface area (Å²) in [6.07, 6.45) is 0.783. The Bertz CT molecular complexity index is 1770. The van der Waals surface area contributed by atoms with Gasteiger partial charge >= 0.3 is 0 Å². The Labute approximate surface area is 277 Å². The Kier molecular flexibility index (Phi) is 10.7. The normalized spacial score (nSPS) is 11.9. The molecule has 3 heteroatoms. The van der Waals surface area contributed by atoms with E-state index in [4.69, 9.17) is 0 Å². The molecule has 0 amide bonds. The Morgan fingerprint density at radius 3 is 2.00 bits per heavy atom. The fraction of sp³-hybridized carbons (Fsp3) is 0.349. The maximum atomic E-state index is 11.7. The van der Waals surface area contributed by atoms with Gasteiger partial charge in [0.05, 0.1) is 0 Å². The topological polar surface area (TPSA) is 26.7 Å². The third-order valence-electron chi connectivity index (χ3n) is 9.18. The first-order valence-corrected chi connectivity index (χ1v) is 16.9. The van der Waals surface area contributed by atoms with Gasteiger partial charge in [0.2, 0.25) is 0 Å². The van der Waals surface area contributed by atoms with Gasteiger partial charge in [0, 0.05) is 31.7 Å². The number of fused-ring (bicyclic) bond motifs is 1. The van der Waals surface area contributed by atoms with Crippen molar-refractivity contribution < 1.29 is 5.11 Å². The highest BCUT2D eigenvalue weighted by molar-refractivity contribution is 5.98. The molecule has 0 radical (unpaired) electrons. The number of aryl methyl sites for hydroxylation is 2. The number of benzene rings is 5. The molecule has 0 aliphatic heterocycles. The van der Waals surface area contributed by atoms with E-state index >= 15 is 0 Å². The Hall–Kier alpha value is -3.92. The molecule has 5 aromatic rings. The van der Waals surface area contributed by atoms with E-state index in [9.17, 15) is 5.11 Å². The SMILES string of the molecule is Cc1cc(CN(CCc2cc(C)cc(-c3cccc4ccccc34)c2O)CCN(C)C)cc(-c2c(C(C)C)cccc2C(C)C)c1. The lowest BCUT2D eigenvalue weighted by atomic mass is 9.84. The Morgan fingerprint density at radius 2 is 1.30 bits per heavy atom. The molecule has 0 atom stereocenters. The third kappa shape index (κ3) is 7.71. The lowest BCUT2D eigenvalue weighted by Gasteiger charge is -2.26. The predicted molar refractivity (Wildman–Crippen MR) is 198 cm³/mol. The van der Waals surface area contributed by atoms with E-state index < -0.39 is 0 Å². The summed E-state index contributed by atoms with van der Waals surface area (Å²) in [7, 11) is 4.28. The highest BCUT2D eigenvalue weighted by Gasteiger charge is 2.18. The monoisotopic (exact) mass is 612 g/mol. The van der Waals surface area contributed by atoms with Crippen LogP contribution >= 0.6 is 0 Å². The number of likely N-dealkylation sites (N-methyl/N-ethyl adjacent to an activating group) is 1. The number of phenols is 1. The molecule has 1 N–H and O–H groups in total. The zero-order valence-corrected chi connectivity index (χ0v) is 29.2. The van der Waals surface area contributed by atoms with Gasteiger partial charge in [-0.3, -0.25) is 4.90 Å². The van der Waals surface area contributed by atoms with Crippen molar-refractivity contribution in [2.45, 2.75) is 66.3 Å². The van der Waals surface area contributed by atoms with Crippen molar-refractivity contribution in [3.05, 3.63) is 124 Å². The minimum absolute atomic E-state index is 0.402. The number of aromatic hydroxyl groups is 1. The molecule has 3 nitrogen and oxygen atoms in total. The van der Waals surface area contributed by atoms with Crippen molar-refractivity contribution in [2.24, 2.45) is 0 Å².